The maximum absolute atomic E-state index is 13.6. The van der Waals surface area contributed by atoms with Crippen LogP contribution in [0.3, 0.4) is 0 Å². The largest absolute Gasteiger partial charge is 0.399 e. The van der Waals surface area contributed by atoms with Crippen molar-refractivity contribution in [3.63, 3.8) is 0 Å². The van der Waals surface area contributed by atoms with E-state index in [1.807, 2.05) is 13.8 Å². The summed E-state index contributed by atoms with van der Waals surface area (Å²) in [6.45, 7) is 5.69. The van der Waals surface area contributed by atoms with Gasteiger partial charge in [-0.3, -0.25) is 0 Å². The summed E-state index contributed by atoms with van der Waals surface area (Å²) < 4.78 is 53.6. The summed E-state index contributed by atoms with van der Waals surface area (Å²) in [5.41, 5.74) is 5.10. The van der Waals surface area contributed by atoms with Gasteiger partial charge in [0.1, 0.15) is 11.6 Å². The molecule has 0 heterocycles. The minimum absolute atomic E-state index is 0.160. The zero-order valence-electron chi connectivity index (χ0n) is 11.8. The van der Waals surface area contributed by atoms with E-state index in [0.717, 1.165) is 18.6 Å². The van der Waals surface area contributed by atoms with Crippen LogP contribution in [-0.2, 0) is 10.0 Å². The first-order chi connectivity index (χ1) is 9.13. The Labute approximate surface area is 118 Å². The number of nitrogens with one attached hydrogen (secondary N) is 1. The minimum atomic E-state index is -4.24. The molecule has 114 valence electrons. The highest BCUT2D eigenvalue weighted by Crippen LogP contribution is 2.22. The smallest absolute Gasteiger partial charge is 0.246 e. The Bertz CT molecular complexity index is 551. The lowest BCUT2D eigenvalue weighted by atomic mass is 10.1. The van der Waals surface area contributed by atoms with Gasteiger partial charge in [-0.25, -0.2) is 21.9 Å². The van der Waals surface area contributed by atoms with Crippen LogP contribution < -0.4 is 10.5 Å². The van der Waals surface area contributed by atoms with E-state index in [-0.39, 0.29) is 5.69 Å². The van der Waals surface area contributed by atoms with E-state index in [9.17, 15) is 17.2 Å². The molecule has 1 atom stereocenters. The quantitative estimate of drug-likeness (QED) is 0.794. The van der Waals surface area contributed by atoms with Crippen molar-refractivity contribution in [2.45, 2.75) is 44.6 Å². The molecule has 0 aliphatic heterocycles. The monoisotopic (exact) mass is 306 g/mol. The van der Waals surface area contributed by atoms with Crippen molar-refractivity contribution >= 4 is 15.7 Å². The van der Waals surface area contributed by atoms with E-state index >= 15 is 0 Å². The van der Waals surface area contributed by atoms with Crippen molar-refractivity contribution in [1.29, 1.82) is 0 Å². The Morgan fingerprint density at radius 3 is 2.10 bits per heavy atom. The van der Waals surface area contributed by atoms with E-state index in [4.69, 9.17) is 5.73 Å². The maximum atomic E-state index is 13.6. The Morgan fingerprint density at radius 1 is 1.15 bits per heavy atom. The van der Waals surface area contributed by atoms with E-state index in [0.29, 0.717) is 12.3 Å². The SMILES string of the molecule is CC(C)CCC(C)NS(=O)(=O)c1c(F)cc(N)cc1F. The van der Waals surface area contributed by atoms with Gasteiger partial charge >= 0.3 is 0 Å². The standard InChI is InChI=1S/C13H20F2N2O2S/c1-8(2)4-5-9(3)17-20(18,19)13-11(14)6-10(16)7-12(13)15/h6-9,17H,4-5,16H2,1-3H3. The highest BCUT2D eigenvalue weighted by molar-refractivity contribution is 7.89. The van der Waals surface area contributed by atoms with Crippen LogP contribution in [0.1, 0.15) is 33.6 Å². The summed E-state index contributed by atoms with van der Waals surface area (Å²) in [4.78, 5) is -0.983. The van der Waals surface area contributed by atoms with Gasteiger partial charge in [-0.15, -0.1) is 0 Å². The lowest BCUT2D eigenvalue weighted by molar-refractivity contribution is 0.476. The molecule has 0 aromatic heterocycles. The van der Waals surface area contributed by atoms with Gasteiger partial charge < -0.3 is 5.73 Å². The van der Waals surface area contributed by atoms with Crippen molar-refractivity contribution in [2.75, 3.05) is 5.73 Å². The molecular formula is C13H20F2N2O2S. The number of nitrogens with two attached hydrogens (primary N) is 1. The molecule has 1 unspecified atom stereocenters. The molecule has 0 spiro atoms. The first kappa shape index (κ1) is 16.8. The predicted molar refractivity (Wildman–Crippen MR) is 74.6 cm³/mol. The topological polar surface area (TPSA) is 72.2 Å². The second-order valence-corrected chi connectivity index (χ2v) is 6.96. The summed E-state index contributed by atoms with van der Waals surface area (Å²) in [5.74, 6) is -1.95. The molecule has 0 radical (unpaired) electrons. The van der Waals surface area contributed by atoms with E-state index in [1.54, 1.807) is 6.92 Å². The maximum Gasteiger partial charge on any atom is 0.246 e. The summed E-state index contributed by atoms with van der Waals surface area (Å²) in [7, 11) is -4.24. The number of nitrogen functional groups attached to an aromatic ring is 1. The van der Waals surface area contributed by atoms with Crippen molar-refractivity contribution in [2.24, 2.45) is 5.92 Å². The fourth-order valence-electron chi connectivity index (χ4n) is 1.80. The van der Waals surface area contributed by atoms with Gasteiger partial charge in [-0.05, 0) is 37.8 Å². The molecule has 0 fully saturated rings. The molecule has 0 saturated carbocycles. The Morgan fingerprint density at radius 2 is 1.65 bits per heavy atom. The first-order valence-electron chi connectivity index (χ1n) is 6.40. The summed E-state index contributed by atoms with van der Waals surface area (Å²) in [6.07, 6.45) is 1.41. The van der Waals surface area contributed by atoms with E-state index in [2.05, 4.69) is 4.72 Å². The minimum Gasteiger partial charge on any atom is -0.399 e. The van der Waals surface area contributed by atoms with Crippen LogP contribution in [0, 0.1) is 17.6 Å². The predicted octanol–water partition coefficient (Wildman–Crippen LogP) is 2.65. The number of halogens is 2. The van der Waals surface area contributed by atoms with Crippen LogP contribution in [0.2, 0.25) is 0 Å². The van der Waals surface area contributed by atoms with Gasteiger partial charge in [0, 0.05) is 11.7 Å². The average molecular weight is 306 g/mol. The summed E-state index contributed by atoms with van der Waals surface area (Å²) in [5, 5.41) is 0. The molecule has 0 saturated heterocycles. The van der Waals surface area contributed by atoms with Crippen LogP contribution in [0.25, 0.3) is 0 Å². The molecule has 1 rings (SSSR count). The van der Waals surface area contributed by atoms with Crippen molar-refractivity contribution in [1.82, 2.24) is 4.72 Å². The highest BCUT2D eigenvalue weighted by Gasteiger charge is 2.26. The molecule has 20 heavy (non-hydrogen) atoms. The van der Waals surface area contributed by atoms with Gasteiger partial charge in [0.15, 0.2) is 4.90 Å². The lowest BCUT2D eigenvalue weighted by Crippen LogP contribution is -2.34. The number of rotatable bonds is 6. The molecular weight excluding hydrogens is 286 g/mol. The molecule has 1 aromatic rings. The lowest BCUT2D eigenvalue weighted by Gasteiger charge is -2.16. The fraction of sp³-hybridized carbons (Fsp3) is 0.538. The number of sulfonamides is 1. The van der Waals surface area contributed by atoms with Gasteiger partial charge in [-0.1, -0.05) is 13.8 Å². The van der Waals surface area contributed by atoms with Crippen molar-refractivity contribution in [3.05, 3.63) is 23.8 Å². The molecule has 1 aromatic carbocycles. The second kappa shape index (κ2) is 6.49. The normalized spacial score (nSPS) is 13.7. The number of benzene rings is 1. The zero-order valence-corrected chi connectivity index (χ0v) is 12.6. The third-order valence-corrected chi connectivity index (χ3v) is 4.46. The van der Waals surface area contributed by atoms with Crippen LogP contribution in [0.15, 0.2) is 17.0 Å². The molecule has 4 nitrogen and oxygen atoms in total. The van der Waals surface area contributed by atoms with E-state index < -0.39 is 32.6 Å². The van der Waals surface area contributed by atoms with Crippen LogP contribution in [-0.4, -0.2) is 14.5 Å². The number of hydrogen-bond acceptors (Lipinski definition) is 3. The molecule has 7 heteroatoms. The van der Waals surface area contributed by atoms with Gasteiger partial charge in [-0.2, -0.15) is 0 Å². The average Bonchev–Trinajstić information content (AvgIpc) is 2.23. The molecule has 0 amide bonds. The molecule has 0 aliphatic rings. The zero-order chi connectivity index (χ0) is 15.5. The van der Waals surface area contributed by atoms with E-state index in [1.165, 1.54) is 0 Å². The Hall–Kier alpha value is -1.21. The third kappa shape index (κ3) is 4.42. The van der Waals surface area contributed by atoms with Crippen LogP contribution in [0.5, 0.6) is 0 Å². The molecule has 0 aliphatic carbocycles. The highest BCUT2D eigenvalue weighted by atomic mass is 32.2. The van der Waals surface area contributed by atoms with Crippen LogP contribution >= 0.6 is 0 Å². The first-order valence-corrected chi connectivity index (χ1v) is 7.88. The fourth-order valence-corrected chi connectivity index (χ4v) is 3.20. The van der Waals surface area contributed by atoms with Crippen molar-refractivity contribution < 1.29 is 17.2 Å². The van der Waals surface area contributed by atoms with Crippen molar-refractivity contribution in [3.8, 4) is 0 Å². The van der Waals surface area contributed by atoms with Crippen LogP contribution in [0.4, 0.5) is 14.5 Å². The summed E-state index contributed by atoms with van der Waals surface area (Å²) in [6, 6.07) is 1.17. The van der Waals surface area contributed by atoms with Gasteiger partial charge in [0.2, 0.25) is 10.0 Å². The third-order valence-electron chi connectivity index (χ3n) is 2.82. The van der Waals surface area contributed by atoms with Gasteiger partial charge in [0.05, 0.1) is 0 Å². The number of anilines is 1. The Kier molecular flexibility index (Phi) is 5.47. The van der Waals surface area contributed by atoms with Gasteiger partial charge in [0.25, 0.3) is 0 Å². The summed E-state index contributed by atoms with van der Waals surface area (Å²) >= 11 is 0. The number of hydrogen-bond donors (Lipinski definition) is 2. The second-order valence-electron chi connectivity index (χ2n) is 5.31. The Balaban J connectivity index is 2.95. The molecule has 0 bridgehead atoms. The molecule has 3 N–H and O–H groups in total.